The molecule has 0 saturated carbocycles. The Bertz CT molecular complexity index is 928. The van der Waals surface area contributed by atoms with Crippen molar-refractivity contribution >= 4 is 21.6 Å². The van der Waals surface area contributed by atoms with Gasteiger partial charge in [-0.25, -0.2) is 12.8 Å². The van der Waals surface area contributed by atoms with E-state index in [1.54, 1.807) is 24.3 Å². The number of carbonyl (C=O) groups is 1. The fraction of sp³-hybridized carbons (Fsp3) is 0.350. The molecule has 0 spiro atoms. The Kier molecular flexibility index (Phi) is 5.51. The van der Waals surface area contributed by atoms with E-state index in [2.05, 4.69) is 5.32 Å². The Morgan fingerprint density at radius 1 is 1.22 bits per heavy atom. The second kappa shape index (κ2) is 7.68. The molecule has 0 aromatic heterocycles. The number of hydrogen-bond donors (Lipinski definition) is 1. The third-order valence-electron chi connectivity index (χ3n) is 4.92. The molecule has 1 aliphatic rings. The standard InChI is InChI=1S/C20H23FN2O3S/c1-3-16(14-8-10-15(21)11-9-14)20(24)22-18-12-13-23(27(2,25)26)19-7-5-4-6-17(18)19/h4-11,16,18H,3,12-13H2,1-2H3,(H,22,24). The Balaban J connectivity index is 1.84. The van der Waals surface area contributed by atoms with Crippen molar-refractivity contribution in [2.45, 2.75) is 31.7 Å². The van der Waals surface area contributed by atoms with Gasteiger partial charge < -0.3 is 5.32 Å². The third-order valence-corrected chi connectivity index (χ3v) is 6.10. The van der Waals surface area contributed by atoms with E-state index < -0.39 is 10.0 Å². The first-order chi connectivity index (χ1) is 12.8. The molecular formula is C20H23FN2O3S. The zero-order valence-corrected chi connectivity index (χ0v) is 16.2. The molecule has 1 N–H and O–H groups in total. The second-order valence-electron chi connectivity index (χ2n) is 6.76. The molecule has 0 saturated heterocycles. The van der Waals surface area contributed by atoms with E-state index in [1.165, 1.54) is 22.7 Å². The zero-order chi connectivity index (χ0) is 19.6. The van der Waals surface area contributed by atoms with Crippen LogP contribution in [0.5, 0.6) is 0 Å². The summed E-state index contributed by atoms with van der Waals surface area (Å²) in [4.78, 5) is 12.9. The highest BCUT2D eigenvalue weighted by molar-refractivity contribution is 7.92. The van der Waals surface area contributed by atoms with Crippen LogP contribution in [0.25, 0.3) is 0 Å². The van der Waals surface area contributed by atoms with Crippen LogP contribution in [0.4, 0.5) is 10.1 Å². The van der Waals surface area contributed by atoms with Gasteiger partial charge in [-0.15, -0.1) is 0 Å². The summed E-state index contributed by atoms with van der Waals surface area (Å²) in [6.45, 7) is 2.22. The van der Waals surface area contributed by atoms with Crippen LogP contribution in [0.1, 0.15) is 42.9 Å². The number of carbonyl (C=O) groups excluding carboxylic acids is 1. The molecule has 2 aromatic carbocycles. The Morgan fingerprint density at radius 2 is 1.89 bits per heavy atom. The summed E-state index contributed by atoms with van der Waals surface area (Å²) in [6, 6.07) is 12.9. The van der Waals surface area contributed by atoms with Gasteiger partial charge in [0.2, 0.25) is 15.9 Å². The maximum atomic E-state index is 13.2. The number of nitrogens with zero attached hydrogens (tertiary/aromatic N) is 1. The first-order valence-corrected chi connectivity index (χ1v) is 10.8. The number of sulfonamides is 1. The van der Waals surface area contributed by atoms with Crippen LogP contribution >= 0.6 is 0 Å². The molecule has 2 atom stereocenters. The lowest BCUT2D eigenvalue weighted by atomic mass is 9.93. The third kappa shape index (κ3) is 4.13. The number of anilines is 1. The van der Waals surface area contributed by atoms with Crippen molar-refractivity contribution in [3.8, 4) is 0 Å². The summed E-state index contributed by atoms with van der Waals surface area (Å²) >= 11 is 0. The Labute approximate surface area is 159 Å². The number of rotatable bonds is 5. The molecule has 3 rings (SSSR count). The van der Waals surface area contributed by atoms with Gasteiger partial charge in [0.15, 0.2) is 0 Å². The highest BCUT2D eigenvalue weighted by Crippen LogP contribution is 2.35. The predicted octanol–water partition coefficient (Wildman–Crippen LogP) is 3.35. The maximum absolute atomic E-state index is 13.2. The molecule has 0 fully saturated rings. The van der Waals surface area contributed by atoms with E-state index >= 15 is 0 Å². The van der Waals surface area contributed by atoms with E-state index in [4.69, 9.17) is 0 Å². The van der Waals surface area contributed by atoms with Crippen molar-refractivity contribution in [2.24, 2.45) is 0 Å². The minimum atomic E-state index is -3.37. The topological polar surface area (TPSA) is 66.5 Å². The molecule has 2 unspecified atom stereocenters. The molecule has 0 aliphatic carbocycles. The average molecular weight is 390 g/mol. The summed E-state index contributed by atoms with van der Waals surface area (Å²) in [5.74, 6) is -0.862. The van der Waals surface area contributed by atoms with Crippen LogP contribution in [0.2, 0.25) is 0 Å². The SMILES string of the molecule is CCC(C(=O)NC1CCN(S(C)(=O)=O)c2ccccc21)c1ccc(F)cc1. The molecule has 1 aliphatic heterocycles. The van der Waals surface area contributed by atoms with Crippen LogP contribution in [0.15, 0.2) is 48.5 Å². The number of hydrogen-bond acceptors (Lipinski definition) is 3. The van der Waals surface area contributed by atoms with Gasteiger partial charge in [0.25, 0.3) is 0 Å². The number of nitrogens with one attached hydrogen (secondary N) is 1. The summed E-state index contributed by atoms with van der Waals surface area (Å²) < 4.78 is 38.7. The van der Waals surface area contributed by atoms with Crippen LogP contribution in [-0.2, 0) is 14.8 Å². The minimum absolute atomic E-state index is 0.142. The molecule has 1 amide bonds. The van der Waals surface area contributed by atoms with Gasteiger partial charge in [0.1, 0.15) is 5.82 Å². The zero-order valence-electron chi connectivity index (χ0n) is 15.4. The van der Waals surface area contributed by atoms with E-state index in [9.17, 15) is 17.6 Å². The van der Waals surface area contributed by atoms with Crippen LogP contribution in [-0.4, -0.2) is 27.1 Å². The number of halogens is 1. The van der Waals surface area contributed by atoms with Gasteiger partial charge in [0, 0.05) is 6.54 Å². The molecule has 144 valence electrons. The fourth-order valence-corrected chi connectivity index (χ4v) is 4.53. The molecule has 0 bridgehead atoms. The molecule has 7 heteroatoms. The van der Waals surface area contributed by atoms with Crippen molar-refractivity contribution in [3.63, 3.8) is 0 Å². The lowest BCUT2D eigenvalue weighted by molar-refractivity contribution is -0.123. The van der Waals surface area contributed by atoms with Crippen molar-refractivity contribution < 1.29 is 17.6 Å². The summed E-state index contributed by atoms with van der Waals surface area (Å²) in [7, 11) is -3.37. The first kappa shape index (κ1) is 19.4. The van der Waals surface area contributed by atoms with Gasteiger partial charge in [-0.05, 0) is 42.2 Å². The summed E-state index contributed by atoms with van der Waals surface area (Å²) in [5, 5.41) is 3.06. The lowest BCUT2D eigenvalue weighted by Gasteiger charge is -2.35. The van der Waals surface area contributed by atoms with Crippen molar-refractivity contribution in [2.75, 3.05) is 17.1 Å². The van der Waals surface area contributed by atoms with Gasteiger partial charge in [-0.2, -0.15) is 0 Å². The average Bonchev–Trinajstić information content (AvgIpc) is 2.63. The quantitative estimate of drug-likeness (QED) is 0.851. The molecule has 5 nitrogen and oxygen atoms in total. The summed E-state index contributed by atoms with van der Waals surface area (Å²) in [5.41, 5.74) is 2.15. The van der Waals surface area contributed by atoms with Gasteiger partial charge in [-0.1, -0.05) is 37.3 Å². The van der Waals surface area contributed by atoms with Crippen LogP contribution < -0.4 is 9.62 Å². The Hall–Kier alpha value is -2.41. The maximum Gasteiger partial charge on any atom is 0.232 e. The van der Waals surface area contributed by atoms with Crippen molar-refractivity contribution in [1.82, 2.24) is 5.32 Å². The highest BCUT2D eigenvalue weighted by Gasteiger charge is 2.31. The van der Waals surface area contributed by atoms with E-state index in [1.807, 2.05) is 19.1 Å². The Morgan fingerprint density at radius 3 is 2.52 bits per heavy atom. The van der Waals surface area contributed by atoms with E-state index in [0.717, 1.165) is 11.1 Å². The molecule has 2 aromatic rings. The summed E-state index contributed by atoms with van der Waals surface area (Å²) in [6.07, 6.45) is 2.27. The first-order valence-electron chi connectivity index (χ1n) is 8.93. The minimum Gasteiger partial charge on any atom is -0.349 e. The second-order valence-corrected chi connectivity index (χ2v) is 8.66. The van der Waals surface area contributed by atoms with Gasteiger partial charge >= 0.3 is 0 Å². The monoisotopic (exact) mass is 390 g/mol. The van der Waals surface area contributed by atoms with Crippen molar-refractivity contribution in [3.05, 3.63) is 65.5 Å². The molecule has 27 heavy (non-hydrogen) atoms. The lowest BCUT2D eigenvalue weighted by Crippen LogP contribution is -2.41. The molecular weight excluding hydrogens is 367 g/mol. The number of para-hydroxylation sites is 1. The molecule has 1 heterocycles. The largest absolute Gasteiger partial charge is 0.349 e. The van der Waals surface area contributed by atoms with E-state index in [-0.39, 0.29) is 23.7 Å². The van der Waals surface area contributed by atoms with Crippen LogP contribution in [0.3, 0.4) is 0 Å². The van der Waals surface area contributed by atoms with Crippen molar-refractivity contribution in [1.29, 1.82) is 0 Å². The van der Waals surface area contributed by atoms with Gasteiger partial charge in [-0.3, -0.25) is 9.10 Å². The fourth-order valence-electron chi connectivity index (χ4n) is 3.57. The molecule has 0 radical (unpaired) electrons. The highest BCUT2D eigenvalue weighted by atomic mass is 32.2. The van der Waals surface area contributed by atoms with Crippen LogP contribution in [0, 0.1) is 5.82 Å². The number of fused-ring (bicyclic) bond motifs is 1. The predicted molar refractivity (Wildman–Crippen MR) is 104 cm³/mol. The van der Waals surface area contributed by atoms with Gasteiger partial charge in [0.05, 0.1) is 23.9 Å². The normalized spacial score (nSPS) is 17.9. The number of amides is 1. The smallest absolute Gasteiger partial charge is 0.232 e. The number of benzene rings is 2. The van der Waals surface area contributed by atoms with E-state index in [0.29, 0.717) is 25.1 Å².